The summed E-state index contributed by atoms with van der Waals surface area (Å²) in [6.07, 6.45) is 7.81. The summed E-state index contributed by atoms with van der Waals surface area (Å²) in [6.45, 7) is 7.73. The van der Waals surface area contributed by atoms with Crippen LogP contribution in [0.1, 0.15) is 52.4 Å². The molecule has 4 aliphatic rings. The van der Waals surface area contributed by atoms with Crippen LogP contribution in [-0.4, -0.2) is 11.6 Å². The largest absolute Gasteiger partial charge is 0.455 e. The zero-order valence-corrected chi connectivity index (χ0v) is 12.1. The van der Waals surface area contributed by atoms with Crippen molar-refractivity contribution in [3.63, 3.8) is 0 Å². The van der Waals surface area contributed by atoms with Crippen molar-refractivity contribution in [1.82, 2.24) is 0 Å². The molecule has 6 unspecified atom stereocenters. The lowest BCUT2D eigenvalue weighted by atomic mass is 9.53. The van der Waals surface area contributed by atoms with Crippen molar-refractivity contribution in [3.8, 4) is 0 Å². The molecule has 4 saturated carbocycles. The number of rotatable bonds is 3. The third-order valence-electron chi connectivity index (χ3n) is 7.02. The van der Waals surface area contributed by atoms with Crippen LogP contribution in [0.15, 0.2) is 12.2 Å². The molecule has 0 aromatic heterocycles. The second kappa shape index (κ2) is 3.45. The molecule has 1 spiro atoms. The quantitative estimate of drug-likeness (QED) is 0.571. The van der Waals surface area contributed by atoms with Gasteiger partial charge in [-0.15, -0.1) is 0 Å². The highest BCUT2D eigenvalue weighted by Crippen LogP contribution is 2.79. The minimum atomic E-state index is -0.162. The molecule has 6 atom stereocenters. The van der Waals surface area contributed by atoms with Crippen molar-refractivity contribution in [3.05, 3.63) is 12.2 Å². The monoisotopic (exact) mass is 260 g/mol. The second-order valence-corrected chi connectivity index (χ2v) is 7.64. The Hall–Kier alpha value is -0.790. The average Bonchev–Trinajstić information content (AvgIpc) is 2.65. The first-order chi connectivity index (χ1) is 9.02. The van der Waals surface area contributed by atoms with Crippen LogP contribution in [0.4, 0.5) is 0 Å². The van der Waals surface area contributed by atoms with Crippen LogP contribution in [0.25, 0.3) is 0 Å². The molecular weight excluding hydrogens is 236 g/mol. The number of hydrogen-bond donors (Lipinski definition) is 0. The predicted molar refractivity (Wildman–Crippen MR) is 73.4 cm³/mol. The molecule has 0 radical (unpaired) electrons. The lowest BCUT2D eigenvalue weighted by molar-refractivity contribution is -0.180. The molecule has 2 nitrogen and oxygen atoms in total. The van der Waals surface area contributed by atoms with Gasteiger partial charge in [0.1, 0.15) is 5.60 Å². The number of fused-ring (bicyclic) bond motifs is 2. The molecule has 0 aliphatic heterocycles. The van der Waals surface area contributed by atoms with Gasteiger partial charge in [0.2, 0.25) is 0 Å². The van der Waals surface area contributed by atoms with Crippen LogP contribution in [0, 0.1) is 29.1 Å². The van der Waals surface area contributed by atoms with E-state index in [4.69, 9.17) is 4.74 Å². The molecular formula is C17H24O2. The van der Waals surface area contributed by atoms with E-state index in [9.17, 15) is 4.79 Å². The molecule has 4 fully saturated rings. The summed E-state index contributed by atoms with van der Waals surface area (Å²) in [6, 6.07) is 0. The Morgan fingerprint density at radius 2 is 2.00 bits per heavy atom. The first-order valence-corrected chi connectivity index (χ1v) is 7.90. The number of hydrogen-bond acceptors (Lipinski definition) is 2. The molecule has 2 heteroatoms. The van der Waals surface area contributed by atoms with E-state index in [1.54, 1.807) is 6.92 Å². The summed E-state index contributed by atoms with van der Waals surface area (Å²) in [5.74, 6) is 2.98. The summed E-state index contributed by atoms with van der Waals surface area (Å²) in [5, 5.41) is 0. The average molecular weight is 260 g/mol. The normalized spacial score (nSPS) is 52.7. The number of carbonyl (C=O) groups is 1. The predicted octanol–water partition coefficient (Wildman–Crippen LogP) is 3.71. The zero-order chi connectivity index (χ0) is 13.4. The van der Waals surface area contributed by atoms with Gasteiger partial charge in [-0.05, 0) is 68.6 Å². The van der Waals surface area contributed by atoms with E-state index in [0.29, 0.717) is 22.8 Å². The molecule has 0 amide bonds. The fourth-order valence-electron chi connectivity index (χ4n) is 6.42. The van der Waals surface area contributed by atoms with E-state index in [0.717, 1.165) is 18.3 Å². The summed E-state index contributed by atoms with van der Waals surface area (Å²) >= 11 is 0. The maximum atomic E-state index is 12.1. The van der Waals surface area contributed by atoms with Gasteiger partial charge in [0.05, 0.1) is 0 Å². The van der Waals surface area contributed by atoms with E-state index in [2.05, 4.69) is 13.5 Å². The Bertz CT molecular complexity index is 468. The summed E-state index contributed by atoms with van der Waals surface area (Å²) in [7, 11) is 0. The Kier molecular flexibility index (Phi) is 2.18. The molecule has 0 N–H and O–H groups in total. The Morgan fingerprint density at radius 1 is 1.26 bits per heavy atom. The van der Waals surface area contributed by atoms with Crippen LogP contribution >= 0.6 is 0 Å². The molecule has 0 saturated heterocycles. The van der Waals surface area contributed by atoms with Gasteiger partial charge in [-0.2, -0.15) is 0 Å². The first-order valence-electron chi connectivity index (χ1n) is 7.90. The van der Waals surface area contributed by atoms with Crippen LogP contribution < -0.4 is 0 Å². The number of carbonyl (C=O) groups excluding carboxylic acids is 1. The van der Waals surface area contributed by atoms with Gasteiger partial charge in [-0.1, -0.05) is 13.5 Å². The summed E-state index contributed by atoms with van der Waals surface area (Å²) in [4.78, 5) is 12.1. The molecule has 0 heterocycles. The molecule has 4 aliphatic carbocycles. The lowest BCUT2D eigenvalue weighted by Crippen LogP contribution is -2.53. The summed E-state index contributed by atoms with van der Waals surface area (Å²) < 4.78 is 6.08. The maximum absolute atomic E-state index is 12.1. The van der Waals surface area contributed by atoms with E-state index < -0.39 is 0 Å². The smallest absolute Gasteiger partial charge is 0.333 e. The highest BCUT2D eigenvalue weighted by molar-refractivity contribution is 5.87. The Balaban J connectivity index is 1.70. The highest BCUT2D eigenvalue weighted by Gasteiger charge is 2.76. The molecule has 104 valence electrons. The minimum absolute atomic E-state index is 0.151. The Labute approximate surface area is 115 Å². The van der Waals surface area contributed by atoms with Crippen LogP contribution in [-0.2, 0) is 9.53 Å². The fourth-order valence-corrected chi connectivity index (χ4v) is 6.42. The van der Waals surface area contributed by atoms with E-state index in [1.165, 1.54) is 32.1 Å². The molecule has 0 aromatic carbocycles. The molecule has 19 heavy (non-hydrogen) atoms. The standard InChI is InChI=1S/C17H24O2/c1-4-17(19-15(18)10(2)3)13-6-11-5-12-7-14(17)16(12,8-11)9-13/h11-14H,2,4-9H2,1,3H3. The van der Waals surface area contributed by atoms with Gasteiger partial charge in [0, 0.05) is 11.5 Å². The molecule has 3 bridgehead atoms. The fraction of sp³-hybridized carbons (Fsp3) is 0.824. The number of ether oxygens (including phenoxy) is 1. The van der Waals surface area contributed by atoms with Gasteiger partial charge in [-0.25, -0.2) is 4.79 Å². The van der Waals surface area contributed by atoms with Crippen LogP contribution in [0.5, 0.6) is 0 Å². The van der Waals surface area contributed by atoms with Crippen molar-refractivity contribution < 1.29 is 9.53 Å². The van der Waals surface area contributed by atoms with Crippen molar-refractivity contribution >= 4 is 5.97 Å². The van der Waals surface area contributed by atoms with Gasteiger partial charge < -0.3 is 4.74 Å². The van der Waals surface area contributed by atoms with Crippen molar-refractivity contribution in [2.24, 2.45) is 29.1 Å². The third-order valence-corrected chi connectivity index (χ3v) is 7.02. The van der Waals surface area contributed by atoms with Gasteiger partial charge >= 0.3 is 5.97 Å². The zero-order valence-electron chi connectivity index (χ0n) is 12.1. The molecule has 4 rings (SSSR count). The second-order valence-electron chi connectivity index (χ2n) is 7.64. The van der Waals surface area contributed by atoms with Crippen LogP contribution in [0.3, 0.4) is 0 Å². The third kappa shape index (κ3) is 1.22. The van der Waals surface area contributed by atoms with Crippen LogP contribution in [0.2, 0.25) is 0 Å². The van der Waals surface area contributed by atoms with Crippen molar-refractivity contribution in [2.45, 2.75) is 58.0 Å². The topological polar surface area (TPSA) is 26.3 Å². The Morgan fingerprint density at radius 3 is 2.68 bits per heavy atom. The van der Waals surface area contributed by atoms with Gasteiger partial charge in [-0.3, -0.25) is 0 Å². The highest BCUT2D eigenvalue weighted by atomic mass is 16.6. The van der Waals surface area contributed by atoms with Gasteiger partial charge in [0.15, 0.2) is 0 Å². The lowest BCUT2D eigenvalue weighted by Gasteiger charge is -2.53. The SMILES string of the molecule is C=C(C)C(=O)OC1(CC)C2CC3CC4CC1C4(C3)C2. The molecule has 0 aromatic rings. The van der Waals surface area contributed by atoms with Crippen molar-refractivity contribution in [2.75, 3.05) is 0 Å². The maximum Gasteiger partial charge on any atom is 0.333 e. The number of esters is 1. The van der Waals surface area contributed by atoms with Gasteiger partial charge in [0.25, 0.3) is 0 Å². The van der Waals surface area contributed by atoms with Crippen molar-refractivity contribution in [1.29, 1.82) is 0 Å². The summed E-state index contributed by atoms with van der Waals surface area (Å²) in [5.41, 5.74) is 0.966. The first kappa shape index (κ1) is 12.0. The minimum Gasteiger partial charge on any atom is -0.455 e. The van der Waals surface area contributed by atoms with E-state index in [-0.39, 0.29) is 11.6 Å². The van der Waals surface area contributed by atoms with E-state index in [1.807, 2.05) is 0 Å². The van der Waals surface area contributed by atoms with E-state index >= 15 is 0 Å².